The molecule has 26 heavy (non-hydrogen) atoms. The van der Waals surface area contributed by atoms with Crippen LogP contribution in [0.5, 0.6) is 0 Å². The predicted molar refractivity (Wildman–Crippen MR) is 114 cm³/mol. The van der Waals surface area contributed by atoms with Crippen LogP contribution in [0.3, 0.4) is 0 Å². The molecule has 0 aliphatic carbocycles. The highest BCUT2D eigenvalue weighted by Crippen LogP contribution is 2.20. The van der Waals surface area contributed by atoms with Crippen molar-refractivity contribution in [1.29, 1.82) is 0 Å². The summed E-state index contributed by atoms with van der Waals surface area (Å²) < 4.78 is 2.29. The summed E-state index contributed by atoms with van der Waals surface area (Å²) in [5.74, 6) is 0.931. The standard InChI is InChI=1S/C19H25N5.2ClH/c1-3-23(4-2)13-14-24-18-8-6-5-7-17(18)22-19(24)21-15-16-9-11-20-12-10-16;;/h5-12H,3-4,13-15H2,1-2H3,(H,21,22);2*1H. The molecule has 0 aliphatic rings. The summed E-state index contributed by atoms with van der Waals surface area (Å²) in [7, 11) is 0. The van der Waals surface area contributed by atoms with Crippen LogP contribution in [0, 0.1) is 0 Å². The first-order valence-corrected chi connectivity index (χ1v) is 8.62. The first kappa shape index (κ1) is 22.2. The molecule has 7 heteroatoms. The molecule has 0 fully saturated rings. The Labute approximate surface area is 167 Å². The molecule has 0 aliphatic heterocycles. The van der Waals surface area contributed by atoms with Crippen molar-refractivity contribution in [2.75, 3.05) is 25.0 Å². The molecule has 5 nitrogen and oxygen atoms in total. The van der Waals surface area contributed by atoms with Crippen LogP contribution in [0.25, 0.3) is 11.0 Å². The van der Waals surface area contributed by atoms with Crippen LogP contribution in [0.2, 0.25) is 0 Å². The third-order valence-electron chi connectivity index (χ3n) is 4.39. The van der Waals surface area contributed by atoms with Crippen LogP contribution in [-0.2, 0) is 13.1 Å². The first-order valence-electron chi connectivity index (χ1n) is 8.62. The van der Waals surface area contributed by atoms with Gasteiger partial charge in [0, 0.05) is 32.0 Å². The van der Waals surface area contributed by atoms with Crippen LogP contribution < -0.4 is 5.32 Å². The molecule has 0 unspecified atom stereocenters. The summed E-state index contributed by atoms with van der Waals surface area (Å²) in [5.41, 5.74) is 3.42. The van der Waals surface area contributed by atoms with Crippen molar-refractivity contribution < 1.29 is 0 Å². The fraction of sp³-hybridized carbons (Fsp3) is 0.368. The minimum absolute atomic E-state index is 0. The number of fused-ring (bicyclic) bond motifs is 1. The third kappa shape index (κ3) is 5.34. The maximum absolute atomic E-state index is 4.78. The number of nitrogens with zero attached hydrogens (tertiary/aromatic N) is 4. The Morgan fingerprint density at radius 2 is 1.69 bits per heavy atom. The number of likely N-dealkylation sites (N-methyl/N-ethyl adjacent to an activating group) is 1. The predicted octanol–water partition coefficient (Wildman–Crippen LogP) is 4.23. The molecule has 142 valence electrons. The SMILES string of the molecule is CCN(CC)CCn1c(NCc2ccncc2)nc2ccccc21.Cl.Cl. The van der Waals surface area contributed by atoms with Crippen molar-refractivity contribution in [3.8, 4) is 0 Å². The van der Waals surface area contributed by atoms with Crippen LogP contribution >= 0.6 is 24.8 Å². The molecule has 2 heterocycles. The Morgan fingerprint density at radius 3 is 2.38 bits per heavy atom. The Bertz CT molecular complexity index is 772. The molecule has 0 bridgehead atoms. The lowest BCUT2D eigenvalue weighted by Gasteiger charge is -2.19. The Morgan fingerprint density at radius 1 is 1.00 bits per heavy atom. The van der Waals surface area contributed by atoms with E-state index < -0.39 is 0 Å². The van der Waals surface area contributed by atoms with Crippen molar-refractivity contribution in [1.82, 2.24) is 19.4 Å². The van der Waals surface area contributed by atoms with Crippen LogP contribution in [0.15, 0.2) is 48.8 Å². The Hall–Kier alpha value is -1.82. The topological polar surface area (TPSA) is 46.0 Å². The van der Waals surface area contributed by atoms with Gasteiger partial charge in [-0.25, -0.2) is 4.98 Å². The molecular weight excluding hydrogens is 369 g/mol. The van der Waals surface area contributed by atoms with Crippen molar-refractivity contribution in [3.05, 3.63) is 54.4 Å². The van der Waals surface area contributed by atoms with E-state index in [-0.39, 0.29) is 24.8 Å². The average Bonchev–Trinajstić information content (AvgIpc) is 2.99. The number of nitrogens with one attached hydrogen (secondary N) is 1. The molecule has 0 spiro atoms. The van der Waals surface area contributed by atoms with Crippen LogP contribution in [0.4, 0.5) is 5.95 Å². The highest BCUT2D eigenvalue weighted by atomic mass is 35.5. The molecule has 3 rings (SSSR count). The van der Waals surface area contributed by atoms with E-state index >= 15 is 0 Å². The maximum atomic E-state index is 4.78. The largest absolute Gasteiger partial charge is 0.352 e. The first-order chi connectivity index (χ1) is 11.8. The lowest BCUT2D eigenvalue weighted by molar-refractivity contribution is 0.292. The minimum Gasteiger partial charge on any atom is -0.352 e. The van der Waals surface area contributed by atoms with Gasteiger partial charge in [-0.05, 0) is 42.9 Å². The molecule has 0 radical (unpaired) electrons. The smallest absolute Gasteiger partial charge is 0.204 e. The Kier molecular flexibility index (Phi) is 9.41. The van der Waals surface area contributed by atoms with Gasteiger partial charge >= 0.3 is 0 Å². The van der Waals surface area contributed by atoms with Crippen LogP contribution in [-0.4, -0.2) is 39.1 Å². The summed E-state index contributed by atoms with van der Waals surface area (Å²) in [6, 6.07) is 12.4. The van der Waals surface area contributed by atoms with Crippen molar-refractivity contribution in [2.45, 2.75) is 26.9 Å². The van der Waals surface area contributed by atoms with Gasteiger partial charge in [-0.3, -0.25) is 4.98 Å². The van der Waals surface area contributed by atoms with E-state index in [1.54, 1.807) is 0 Å². The molecule has 2 aromatic heterocycles. The number of anilines is 1. The van der Waals surface area contributed by atoms with Gasteiger partial charge in [-0.1, -0.05) is 26.0 Å². The average molecular weight is 396 g/mol. The second-order valence-electron chi connectivity index (χ2n) is 5.81. The number of hydrogen-bond donors (Lipinski definition) is 1. The number of rotatable bonds is 8. The highest BCUT2D eigenvalue weighted by molar-refractivity contribution is 5.85. The number of aromatic nitrogens is 3. The second kappa shape index (κ2) is 11.0. The van der Waals surface area contributed by atoms with Crippen molar-refractivity contribution in [3.63, 3.8) is 0 Å². The van der Waals surface area contributed by atoms with E-state index in [0.29, 0.717) is 0 Å². The number of hydrogen-bond acceptors (Lipinski definition) is 4. The van der Waals surface area contributed by atoms with Crippen LogP contribution in [0.1, 0.15) is 19.4 Å². The van der Waals surface area contributed by atoms with Gasteiger partial charge in [-0.2, -0.15) is 0 Å². The summed E-state index contributed by atoms with van der Waals surface area (Å²) in [6.45, 7) is 9.26. The fourth-order valence-corrected chi connectivity index (χ4v) is 2.90. The third-order valence-corrected chi connectivity index (χ3v) is 4.39. The molecule has 0 saturated carbocycles. The zero-order valence-electron chi connectivity index (χ0n) is 15.3. The monoisotopic (exact) mass is 395 g/mol. The van der Waals surface area contributed by atoms with Crippen molar-refractivity contribution >= 4 is 41.8 Å². The summed E-state index contributed by atoms with van der Waals surface area (Å²) >= 11 is 0. The lowest BCUT2D eigenvalue weighted by atomic mass is 10.3. The normalized spacial score (nSPS) is 10.4. The van der Waals surface area contributed by atoms with Gasteiger partial charge in [0.15, 0.2) is 0 Å². The highest BCUT2D eigenvalue weighted by Gasteiger charge is 2.11. The van der Waals surface area contributed by atoms with Crippen molar-refractivity contribution in [2.24, 2.45) is 0 Å². The van der Waals surface area contributed by atoms with Gasteiger partial charge in [0.25, 0.3) is 0 Å². The van der Waals surface area contributed by atoms with Gasteiger partial charge in [0.05, 0.1) is 11.0 Å². The molecule has 3 aromatic rings. The van der Waals surface area contributed by atoms with E-state index in [4.69, 9.17) is 4.98 Å². The van der Waals surface area contributed by atoms with E-state index in [0.717, 1.165) is 44.2 Å². The lowest BCUT2D eigenvalue weighted by Crippen LogP contribution is -2.27. The number of pyridine rings is 1. The van der Waals surface area contributed by atoms with Gasteiger partial charge in [0.1, 0.15) is 0 Å². The zero-order valence-corrected chi connectivity index (χ0v) is 16.9. The number of benzene rings is 1. The summed E-state index contributed by atoms with van der Waals surface area (Å²) in [6.07, 6.45) is 3.64. The van der Waals surface area contributed by atoms with E-state index in [1.807, 2.05) is 30.6 Å². The number of imidazole rings is 1. The van der Waals surface area contributed by atoms with E-state index in [9.17, 15) is 0 Å². The molecular formula is C19H27Cl2N5. The Balaban J connectivity index is 0.00000169. The number of para-hydroxylation sites is 2. The quantitative estimate of drug-likeness (QED) is 0.619. The van der Waals surface area contributed by atoms with Gasteiger partial charge in [-0.15, -0.1) is 24.8 Å². The zero-order chi connectivity index (χ0) is 16.8. The summed E-state index contributed by atoms with van der Waals surface area (Å²) in [4.78, 5) is 11.3. The van der Waals surface area contributed by atoms with E-state index in [2.05, 4.69) is 51.8 Å². The fourth-order valence-electron chi connectivity index (χ4n) is 2.90. The molecule has 0 saturated heterocycles. The maximum Gasteiger partial charge on any atom is 0.204 e. The van der Waals surface area contributed by atoms with Gasteiger partial charge < -0.3 is 14.8 Å². The van der Waals surface area contributed by atoms with E-state index in [1.165, 1.54) is 11.1 Å². The molecule has 1 N–H and O–H groups in total. The second-order valence-corrected chi connectivity index (χ2v) is 5.81. The summed E-state index contributed by atoms with van der Waals surface area (Å²) in [5, 5.41) is 3.48. The molecule has 0 amide bonds. The molecule has 0 atom stereocenters. The van der Waals surface area contributed by atoms with Gasteiger partial charge in [0.2, 0.25) is 5.95 Å². The number of halogens is 2. The molecule has 1 aromatic carbocycles. The minimum atomic E-state index is 0.